The van der Waals surface area contributed by atoms with Crippen LogP contribution in [-0.4, -0.2) is 27.1 Å². The molecular weight excluding hydrogens is 428 g/mol. The average molecular weight is 449 g/mol. The Labute approximate surface area is 187 Å². The first-order chi connectivity index (χ1) is 15.1. The number of thiazole rings is 1. The van der Waals surface area contributed by atoms with Gasteiger partial charge in [-0.15, -0.1) is 11.3 Å². The molecule has 0 fully saturated rings. The molecule has 0 atom stereocenters. The number of benzene rings is 2. The smallest absolute Gasteiger partial charge is 0.270 e. The fraction of sp³-hybridized carbons (Fsp3) is 0.130. The van der Waals surface area contributed by atoms with E-state index in [1.54, 1.807) is 11.3 Å². The third-order valence-corrected chi connectivity index (χ3v) is 5.96. The third kappa shape index (κ3) is 5.28. The third-order valence-electron chi connectivity index (χ3n) is 4.51. The van der Waals surface area contributed by atoms with Crippen LogP contribution in [0.1, 0.15) is 21.9 Å². The van der Waals surface area contributed by atoms with Crippen molar-refractivity contribution in [1.82, 2.24) is 20.3 Å². The molecule has 4 aromatic rings. The van der Waals surface area contributed by atoms with Crippen molar-refractivity contribution in [3.63, 3.8) is 0 Å². The molecule has 0 radical (unpaired) electrons. The van der Waals surface area contributed by atoms with E-state index in [-0.39, 0.29) is 17.2 Å². The van der Waals surface area contributed by atoms with Crippen LogP contribution in [0.2, 0.25) is 0 Å². The van der Waals surface area contributed by atoms with Gasteiger partial charge in [0, 0.05) is 29.1 Å². The SMILES string of the molecule is CSCc1nc(C(=O)NCc2cccc(-c3nc(-c4ccccc4)cs3)c2)cc(=O)[nH]1. The van der Waals surface area contributed by atoms with Gasteiger partial charge in [0.2, 0.25) is 0 Å². The summed E-state index contributed by atoms with van der Waals surface area (Å²) in [6.07, 6.45) is 1.91. The monoisotopic (exact) mass is 448 g/mol. The van der Waals surface area contributed by atoms with Crippen molar-refractivity contribution >= 4 is 29.0 Å². The molecule has 0 saturated heterocycles. The largest absolute Gasteiger partial charge is 0.347 e. The molecular formula is C23H20N4O2S2. The number of carbonyl (C=O) groups excluding carboxylic acids is 1. The standard InChI is InChI=1S/C23H20N4O2S2/c1-30-14-20-25-18(11-21(28)27-20)22(29)24-12-15-6-5-9-17(10-15)23-26-19(13-31-23)16-7-3-2-4-8-16/h2-11,13H,12,14H2,1H3,(H,24,29)(H,25,27,28). The molecule has 0 saturated carbocycles. The molecule has 0 aliphatic carbocycles. The van der Waals surface area contributed by atoms with Crippen LogP contribution in [-0.2, 0) is 12.3 Å². The van der Waals surface area contributed by atoms with Gasteiger partial charge in [0.1, 0.15) is 16.5 Å². The molecule has 2 aromatic carbocycles. The Morgan fingerprint density at radius 1 is 1.06 bits per heavy atom. The molecule has 2 aromatic heterocycles. The number of nitrogens with zero attached hydrogens (tertiary/aromatic N) is 2. The molecule has 1 amide bonds. The van der Waals surface area contributed by atoms with Crippen molar-refractivity contribution in [1.29, 1.82) is 0 Å². The second-order valence-electron chi connectivity index (χ2n) is 6.80. The second-order valence-corrected chi connectivity index (χ2v) is 8.52. The summed E-state index contributed by atoms with van der Waals surface area (Å²) in [6, 6.07) is 19.2. The number of aromatic nitrogens is 3. The van der Waals surface area contributed by atoms with Crippen LogP contribution in [0.25, 0.3) is 21.8 Å². The Bertz CT molecular complexity index is 1250. The number of H-pyrrole nitrogens is 1. The molecule has 2 N–H and O–H groups in total. The fourth-order valence-electron chi connectivity index (χ4n) is 3.06. The zero-order valence-corrected chi connectivity index (χ0v) is 18.4. The molecule has 0 spiro atoms. The van der Waals surface area contributed by atoms with Crippen LogP contribution < -0.4 is 10.9 Å². The van der Waals surface area contributed by atoms with Gasteiger partial charge in [-0.3, -0.25) is 9.59 Å². The lowest BCUT2D eigenvalue weighted by atomic mass is 10.1. The molecule has 4 rings (SSSR count). The van der Waals surface area contributed by atoms with Crippen molar-refractivity contribution in [3.8, 4) is 21.8 Å². The maximum Gasteiger partial charge on any atom is 0.270 e. The Morgan fingerprint density at radius 2 is 1.87 bits per heavy atom. The first-order valence-corrected chi connectivity index (χ1v) is 11.9. The van der Waals surface area contributed by atoms with Crippen LogP contribution in [0, 0.1) is 0 Å². The Morgan fingerprint density at radius 3 is 2.68 bits per heavy atom. The highest BCUT2D eigenvalue weighted by atomic mass is 32.2. The van der Waals surface area contributed by atoms with Crippen molar-refractivity contribution < 1.29 is 4.79 Å². The van der Waals surface area contributed by atoms with Crippen LogP contribution in [0.5, 0.6) is 0 Å². The van der Waals surface area contributed by atoms with Gasteiger partial charge in [-0.2, -0.15) is 11.8 Å². The number of hydrogen-bond acceptors (Lipinski definition) is 6. The number of hydrogen-bond donors (Lipinski definition) is 2. The fourth-order valence-corrected chi connectivity index (χ4v) is 4.30. The lowest BCUT2D eigenvalue weighted by Crippen LogP contribution is -2.26. The summed E-state index contributed by atoms with van der Waals surface area (Å²) in [5.74, 6) is 0.654. The van der Waals surface area contributed by atoms with E-state index in [9.17, 15) is 9.59 Å². The van der Waals surface area contributed by atoms with E-state index in [2.05, 4.69) is 15.3 Å². The van der Waals surface area contributed by atoms with Gasteiger partial charge in [-0.1, -0.05) is 48.5 Å². The zero-order chi connectivity index (χ0) is 21.6. The van der Waals surface area contributed by atoms with E-state index >= 15 is 0 Å². The summed E-state index contributed by atoms with van der Waals surface area (Å²) in [4.78, 5) is 35.9. The predicted molar refractivity (Wildman–Crippen MR) is 126 cm³/mol. The normalized spacial score (nSPS) is 10.7. The molecule has 0 aliphatic rings. The Kier molecular flexibility index (Phi) is 6.59. The number of rotatable bonds is 7. The van der Waals surface area contributed by atoms with E-state index in [1.165, 1.54) is 17.8 Å². The summed E-state index contributed by atoms with van der Waals surface area (Å²) in [5.41, 5.74) is 3.76. The molecule has 2 heterocycles. The molecule has 0 aliphatic heterocycles. The average Bonchev–Trinajstić information content (AvgIpc) is 3.29. The van der Waals surface area contributed by atoms with Gasteiger partial charge in [0.25, 0.3) is 11.5 Å². The highest BCUT2D eigenvalue weighted by molar-refractivity contribution is 7.97. The Hall–Kier alpha value is -3.23. The molecule has 156 valence electrons. The van der Waals surface area contributed by atoms with E-state index in [0.717, 1.165) is 27.4 Å². The summed E-state index contributed by atoms with van der Waals surface area (Å²) in [5, 5.41) is 5.81. The van der Waals surface area contributed by atoms with Gasteiger partial charge in [0.15, 0.2) is 0 Å². The maximum absolute atomic E-state index is 12.5. The molecule has 0 unspecified atom stereocenters. The summed E-state index contributed by atoms with van der Waals surface area (Å²) in [7, 11) is 0. The summed E-state index contributed by atoms with van der Waals surface area (Å²) < 4.78 is 0. The number of carbonyl (C=O) groups is 1. The van der Waals surface area contributed by atoms with E-state index in [0.29, 0.717) is 18.1 Å². The van der Waals surface area contributed by atoms with Crippen LogP contribution in [0.15, 0.2) is 70.8 Å². The quantitative estimate of drug-likeness (QED) is 0.439. The van der Waals surface area contributed by atoms with E-state index < -0.39 is 0 Å². The van der Waals surface area contributed by atoms with Gasteiger partial charge in [-0.25, -0.2) is 9.97 Å². The second kappa shape index (κ2) is 9.72. The summed E-state index contributed by atoms with van der Waals surface area (Å²) >= 11 is 3.11. The number of aromatic amines is 1. The lowest BCUT2D eigenvalue weighted by molar-refractivity contribution is 0.0945. The van der Waals surface area contributed by atoms with Gasteiger partial charge in [0.05, 0.1) is 11.4 Å². The van der Waals surface area contributed by atoms with Crippen molar-refractivity contribution in [2.75, 3.05) is 6.26 Å². The van der Waals surface area contributed by atoms with Crippen molar-refractivity contribution in [2.24, 2.45) is 0 Å². The van der Waals surface area contributed by atoms with Crippen molar-refractivity contribution in [2.45, 2.75) is 12.3 Å². The maximum atomic E-state index is 12.5. The number of nitrogens with one attached hydrogen (secondary N) is 2. The minimum atomic E-state index is -0.375. The molecule has 31 heavy (non-hydrogen) atoms. The molecule has 0 bridgehead atoms. The van der Waals surface area contributed by atoms with Crippen LogP contribution in [0.4, 0.5) is 0 Å². The van der Waals surface area contributed by atoms with Crippen molar-refractivity contribution in [3.05, 3.63) is 93.5 Å². The van der Waals surface area contributed by atoms with Gasteiger partial charge >= 0.3 is 0 Å². The van der Waals surface area contributed by atoms with Gasteiger partial charge < -0.3 is 10.3 Å². The molecule has 6 nitrogen and oxygen atoms in total. The highest BCUT2D eigenvalue weighted by Crippen LogP contribution is 2.29. The highest BCUT2D eigenvalue weighted by Gasteiger charge is 2.11. The van der Waals surface area contributed by atoms with E-state index in [4.69, 9.17) is 4.98 Å². The summed E-state index contributed by atoms with van der Waals surface area (Å²) in [6.45, 7) is 0.329. The van der Waals surface area contributed by atoms with Crippen LogP contribution >= 0.6 is 23.1 Å². The topological polar surface area (TPSA) is 87.7 Å². The van der Waals surface area contributed by atoms with E-state index in [1.807, 2.05) is 66.2 Å². The number of amides is 1. The minimum Gasteiger partial charge on any atom is -0.347 e. The van der Waals surface area contributed by atoms with Crippen LogP contribution in [0.3, 0.4) is 0 Å². The van der Waals surface area contributed by atoms with Gasteiger partial charge in [-0.05, 0) is 17.9 Å². The lowest BCUT2D eigenvalue weighted by Gasteiger charge is -2.07. The predicted octanol–water partition coefficient (Wildman–Crippen LogP) is 4.35. The molecule has 8 heteroatoms. The minimum absolute atomic E-state index is 0.122. The number of thioether (sulfide) groups is 1. The first kappa shape index (κ1) is 21.0. The Balaban J connectivity index is 1.47. The zero-order valence-electron chi connectivity index (χ0n) is 16.8. The first-order valence-electron chi connectivity index (χ1n) is 9.60.